The van der Waals surface area contributed by atoms with Crippen LogP contribution in [0.25, 0.3) is 10.9 Å². The Hall–Kier alpha value is -2.95. The van der Waals surface area contributed by atoms with Gasteiger partial charge in [-0.2, -0.15) is 0 Å². The van der Waals surface area contributed by atoms with Gasteiger partial charge in [-0.05, 0) is 49.2 Å². The number of hydrogen-bond donors (Lipinski definition) is 1. The minimum Gasteiger partial charge on any atom is -0.347 e. The van der Waals surface area contributed by atoms with Gasteiger partial charge in [0.2, 0.25) is 5.43 Å². The Morgan fingerprint density at radius 2 is 1.79 bits per heavy atom. The van der Waals surface area contributed by atoms with E-state index in [4.69, 9.17) is 0 Å². The molecule has 0 aliphatic carbocycles. The van der Waals surface area contributed by atoms with Crippen molar-refractivity contribution in [3.63, 3.8) is 0 Å². The van der Waals surface area contributed by atoms with Crippen molar-refractivity contribution in [2.24, 2.45) is 7.05 Å². The zero-order valence-corrected chi connectivity index (χ0v) is 13.7. The summed E-state index contributed by atoms with van der Waals surface area (Å²) in [6.07, 6.45) is 1.37. The van der Waals surface area contributed by atoms with Crippen LogP contribution >= 0.6 is 0 Å². The highest BCUT2D eigenvalue weighted by Crippen LogP contribution is 2.17. The monoisotopic (exact) mass is 324 g/mol. The third-order valence-corrected chi connectivity index (χ3v) is 3.88. The van der Waals surface area contributed by atoms with Crippen LogP contribution in [0.15, 0.2) is 47.4 Å². The van der Waals surface area contributed by atoms with E-state index in [0.29, 0.717) is 5.69 Å². The number of rotatable bonds is 2. The lowest BCUT2D eigenvalue weighted by Gasteiger charge is -2.11. The molecule has 5 heteroatoms. The summed E-state index contributed by atoms with van der Waals surface area (Å²) in [6.45, 7) is 3.86. The lowest BCUT2D eigenvalue weighted by molar-refractivity contribution is 0.102. The first-order chi connectivity index (χ1) is 11.4. The van der Waals surface area contributed by atoms with E-state index in [0.717, 1.165) is 11.1 Å². The first kappa shape index (κ1) is 15.9. The Bertz CT molecular complexity index is 1000. The average molecular weight is 324 g/mol. The van der Waals surface area contributed by atoms with Crippen LogP contribution in [0.4, 0.5) is 10.1 Å². The van der Waals surface area contributed by atoms with E-state index in [1.807, 2.05) is 32.0 Å². The van der Waals surface area contributed by atoms with E-state index in [1.54, 1.807) is 7.05 Å². The molecule has 2 aromatic carbocycles. The fraction of sp³-hybridized carbons (Fsp3) is 0.158. The summed E-state index contributed by atoms with van der Waals surface area (Å²) in [4.78, 5) is 25.1. The van der Waals surface area contributed by atoms with Gasteiger partial charge in [0.05, 0.1) is 5.52 Å². The van der Waals surface area contributed by atoms with Crippen molar-refractivity contribution in [1.82, 2.24) is 4.57 Å². The summed E-state index contributed by atoms with van der Waals surface area (Å²) in [7, 11) is 1.61. The third kappa shape index (κ3) is 2.80. The molecule has 0 saturated heterocycles. The second kappa shape index (κ2) is 5.92. The van der Waals surface area contributed by atoms with Crippen LogP contribution in [0.2, 0.25) is 0 Å². The fourth-order valence-electron chi connectivity index (χ4n) is 2.93. The number of para-hydroxylation sites is 1. The summed E-state index contributed by atoms with van der Waals surface area (Å²) < 4.78 is 15.4. The Balaban J connectivity index is 2.08. The zero-order chi connectivity index (χ0) is 17.4. The molecule has 0 saturated carbocycles. The predicted molar refractivity (Wildman–Crippen MR) is 93.0 cm³/mol. The van der Waals surface area contributed by atoms with Gasteiger partial charge < -0.3 is 9.88 Å². The molecule has 3 aromatic rings. The number of nitrogens with zero attached hydrogens (tertiary/aromatic N) is 1. The number of carbonyl (C=O) groups is 1. The molecule has 0 aliphatic heterocycles. The van der Waals surface area contributed by atoms with Gasteiger partial charge >= 0.3 is 0 Å². The van der Waals surface area contributed by atoms with E-state index >= 15 is 0 Å². The Labute approximate surface area is 138 Å². The standard InChI is InChI=1S/C19H17FN2O2/c1-11-7-12(2)9-13(8-11)21-19(24)15-10-22(3)17-14(18(15)23)5-4-6-16(17)20/h4-10H,1-3H3,(H,21,24). The predicted octanol–water partition coefficient (Wildman–Crippen LogP) is 3.55. The van der Waals surface area contributed by atoms with Crippen LogP contribution in [-0.2, 0) is 7.05 Å². The molecule has 0 unspecified atom stereocenters. The highest BCUT2D eigenvalue weighted by Gasteiger charge is 2.16. The maximum atomic E-state index is 13.9. The molecule has 0 bridgehead atoms. The van der Waals surface area contributed by atoms with E-state index in [1.165, 1.54) is 29.0 Å². The highest BCUT2D eigenvalue weighted by atomic mass is 19.1. The average Bonchev–Trinajstić information content (AvgIpc) is 2.49. The maximum absolute atomic E-state index is 13.9. The second-order valence-corrected chi connectivity index (χ2v) is 5.95. The molecule has 0 aliphatic rings. The number of hydrogen-bond acceptors (Lipinski definition) is 2. The quantitative estimate of drug-likeness (QED) is 0.784. The van der Waals surface area contributed by atoms with E-state index in [2.05, 4.69) is 5.32 Å². The topological polar surface area (TPSA) is 51.1 Å². The van der Waals surface area contributed by atoms with Gasteiger partial charge in [-0.3, -0.25) is 9.59 Å². The Morgan fingerprint density at radius 1 is 1.12 bits per heavy atom. The Morgan fingerprint density at radius 3 is 2.46 bits per heavy atom. The SMILES string of the molecule is Cc1cc(C)cc(NC(=O)c2cn(C)c3c(F)cccc3c2=O)c1. The summed E-state index contributed by atoms with van der Waals surface area (Å²) in [6, 6.07) is 9.93. The van der Waals surface area contributed by atoms with Gasteiger partial charge in [-0.15, -0.1) is 0 Å². The molecule has 1 aromatic heterocycles. The molecule has 0 spiro atoms. The van der Waals surface area contributed by atoms with Gasteiger partial charge in [0.1, 0.15) is 11.4 Å². The largest absolute Gasteiger partial charge is 0.347 e. The van der Waals surface area contributed by atoms with E-state index in [-0.39, 0.29) is 16.5 Å². The number of benzene rings is 2. The van der Waals surface area contributed by atoms with Crippen molar-refractivity contribution in [3.8, 4) is 0 Å². The first-order valence-corrected chi connectivity index (χ1v) is 7.54. The van der Waals surface area contributed by atoms with E-state index < -0.39 is 17.2 Å². The number of halogens is 1. The van der Waals surface area contributed by atoms with Gasteiger partial charge in [0, 0.05) is 24.3 Å². The van der Waals surface area contributed by atoms with Crippen LogP contribution < -0.4 is 10.7 Å². The van der Waals surface area contributed by atoms with Crippen LogP contribution in [0.3, 0.4) is 0 Å². The number of aromatic nitrogens is 1. The van der Waals surface area contributed by atoms with Crippen molar-refractivity contribution in [3.05, 3.63) is 75.3 Å². The number of pyridine rings is 1. The number of amides is 1. The Kier molecular flexibility index (Phi) is 3.93. The molecule has 0 atom stereocenters. The zero-order valence-electron chi connectivity index (χ0n) is 13.7. The number of aryl methyl sites for hydroxylation is 3. The van der Waals surface area contributed by atoms with Gasteiger partial charge in [0.15, 0.2) is 0 Å². The molecule has 1 heterocycles. The molecular formula is C19H17FN2O2. The molecule has 0 radical (unpaired) electrons. The fourth-order valence-corrected chi connectivity index (χ4v) is 2.93. The summed E-state index contributed by atoms with van der Waals surface area (Å²) in [5, 5.41) is 2.93. The van der Waals surface area contributed by atoms with Crippen LogP contribution in [-0.4, -0.2) is 10.5 Å². The van der Waals surface area contributed by atoms with Gasteiger partial charge in [-0.1, -0.05) is 12.1 Å². The summed E-state index contributed by atoms with van der Waals surface area (Å²) in [5.41, 5.74) is 2.33. The van der Waals surface area contributed by atoms with Crippen molar-refractivity contribution < 1.29 is 9.18 Å². The van der Waals surface area contributed by atoms with Crippen molar-refractivity contribution in [1.29, 1.82) is 0 Å². The van der Waals surface area contributed by atoms with Crippen LogP contribution in [0, 0.1) is 19.7 Å². The number of anilines is 1. The minimum absolute atomic E-state index is 0.0187. The normalized spacial score (nSPS) is 10.8. The molecule has 4 nitrogen and oxygen atoms in total. The van der Waals surface area contributed by atoms with Gasteiger partial charge in [-0.25, -0.2) is 4.39 Å². The summed E-state index contributed by atoms with van der Waals surface area (Å²) in [5.74, 6) is -1.000. The molecule has 0 fully saturated rings. The van der Waals surface area contributed by atoms with Crippen molar-refractivity contribution >= 4 is 22.5 Å². The second-order valence-electron chi connectivity index (χ2n) is 5.95. The van der Waals surface area contributed by atoms with Gasteiger partial charge in [0.25, 0.3) is 5.91 Å². The minimum atomic E-state index is -0.508. The highest BCUT2D eigenvalue weighted by molar-refractivity contribution is 6.05. The first-order valence-electron chi connectivity index (χ1n) is 7.54. The lowest BCUT2D eigenvalue weighted by Crippen LogP contribution is -2.23. The molecule has 122 valence electrons. The van der Waals surface area contributed by atoms with Crippen molar-refractivity contribution in [2.45, 2.75) is 13.8 Å². The lowest BCUT2D eigenvalue weighted by atomic mass is 10.1. The number of nitrogens with one attached hydrogen (secondary N) is 1. The third-order valence-electron chi connectivity index (χ3n) is 3.88. The van der Waals surface area contributed by atoms with Crippen molar-refractivity contribution in [2.75, 3.05) is 5.32 Å². The number of fused-ring (bicyclic) bond motifs is 1. The molecule has 3 rings (SSSR count). The smallest absolute Gasteiger partial charge is 0.261 e. The molecule has 1 N–H and O–H groups in total. The molecule has 24 heavy (non-hydrogen) atoms. The van der Waals surface area contributed by atoms with Crippen LogP contribution in [0.1, 0.15) is 21.5 Å². The molecule has 1 amide bonds. The maximum Gasteiger partial charge on any atom is 0.261 e. The summed E-state index contributed by atoms with van der Waals surface area (Å²) >= 11 is 0. The molecular weight excluding hydrogens is 307 g/mol. The number of carbonyl (C=O) groups excluding carboxylic acids is 1. The van der Waals surface area contributed by atoms with Crippen LogP contribution in [0.5, 0.6) is 0 Å². The van der Waals surface area contributed by atoms with E-state index in [9.17, 15) is 14.0 Å².